The van der Waals surface area contributed by atoms with E-state index in [0.29, 0.717) is 31.7 Å². The molecule has 0 saturated heterocycles. The van der Waals surface area contributed by atoms with E-state index in [2.05, 4.69) is 0 Å². The average Bonchev–Trinajstić information content (AvgIpc) is 2.91. The van der Waals surface area contributed by atoms with Crippen molar-refractivity contribution >= 4 is 5.97 Å². The first-order valence-electron chi connectivity index (χ1n) is 6.48. The zero-order valence-electron chi connectivity index (χ0n) is 10.5. The summed E-state index contributed by atoms with van der Waals surface area (Å²) in [6.45, 7) is 1.85. The fourth-order valence-electron chi connectivity index (χ4n) is 3.14. The molecule has 2 aliphatic carbocycles. The number of aliphatic carboxylic acids is 1. The van der Waals surface area contributed by atoms with Gasteiger partial charge in [-0.05, 0) is 43.9 Å². The van der Waals surface area contributed by atoms with Gasteiger partial charge in [-0.25, -0.2) is 0 Å². The van der Waals surface area contributed by atoms with E-state index in [1.165, 1.54) is 6.42 Å². The Kier molecular flexibility index (Phi) is 4.05. The molecule has 2 rings (SSSR count). The number of hydrogen-bond acceptors (Lipinski definition) is 3. The maximum Gasteiger partial charge on any atom is 0.309 e. The largest absolute Gasteiger partial charge is 0.481 e. The molecule has 4 nitrogen and oxygen atoms in total. The van der Waals surface area contributed by atoms with Crippen LogP contribution >= 0.6 is 0 Å². The van der Waals surface area contributed by atoms with E-state index in [9.17, 15) is 9.90 Å². The highest BCUT2D eigenvalue weighted by molar-refractivity contribution is 5.75. The van der Waals surface area contributed by atoms with Gasteiger partial charge in [0.1, 0.15) is 0 Å². The Hall–Kier alpha value is -0.610. The molecule has 98 valence electrons. The van der Waals surface area contributed by atoms with E-state index in [0.717, 1.165) is 25.7 Å². The number of carboxylic acids is 1. The molecule has 2 atom stereocenters. The van der Waals surface area contributed by atoms with E-state index in [4.69, 9.17) is 9.47 Å². The fourth-order valence-corrected chi connectivity index (χ4v) is 3.14. The molecule has 0 radical (unpaired) electrons. The lowest BCUT2D eigenvalue weighted by Crippen LogP contribution is -2.29. The van der Waals surface area contributed by atoms with Crippen LogP contribution in [0.5, 0.6) is 0 Å². The Morgan fingerprint density at radius 2 is 2.00 bits per heavy atom. The van der Waals surface area contributed by atoms with Gasteiger partial charge in [-0.15, -0.1) is 0 Å². The number of methoxy groups -OCH3 is 1. The monoisotopic (exact) mass is 242 g/mol. The Morgan fingerprint density at radius 1 is 1.29 bits per heavy atom. The summed E-state index contributed by atoms with van der Waals surface area (Å²) in [4.78, 5) is 11.4. The SMILES string of the molecule is COCCOCCCC1(C(=O)O)CC2CC2C1. The summed E-state index contributed by atoms with van der Waals surface area (Å²) in [7, 11) is 1.65. The Labute approximate surface area is 102 Å². The summed E-state index contributed by atoms with van der Waals surface area (Å²) >= 11 is 0. The second kappa shape index (κ2) is 5.36. The van der Waals surface area contributed by atoms with Crippen LogP contribution in [0, 0.1) is 17.3 Å². The van der Waals surface area contributed by atoms with E-state index >= 15 is 0 Å². The number of ether oxygens (including phenoxy) is 2. The molecule has 0 aromatic heterocycles. The Balaban J connectivity index is 1.67. The van der Waals surface area contributed by atoms with Crippen molar-refractivity contribution in [3.63, 3.8) is 0 Å². The summed E-state index contributed by atoms with van der Waals surface area (Å²) in [6.07, 6.45) is 4.66. The number of carbonyl (C=O) groups is 1. The lowest BCUT2D eigenvalue weighted by Gasteiger charge is -2.25. The molecule has 0 spiro atoms. The van der Waals surface area contributed by atoms with Crippen molar-refractivity contribution in [3.8, 4) is 0 Å². The molecule has 2 aliphatic rings. The Morgan fingerprint density at radius 3 is 2.59 bits per heavy atom. The third-order valence-electron chi connectivity index (χ3n) is 4.20. The molecule has 2 fully saturated rings. The van der Waals surface area contributed by atoms with E-state index in [1.54, 1.807) is 7.11 Å². The standard InChI is InChI=1S/C13H22O4/c1-16-5-6-17-4-2-3-13(12(14)15)8-10-7-11(10)9-13/h10-11H,2-9H2,1H3,(H,14,15). The number of rotatable bonds is 8. The highest BCUT2D eigenvalue weighted by atomic mass is 16.5. The third-order valence-corrected chi connectivity index (χ3v) is 4.20. The molecule has 17 heavy (non-hydrogen) atoms. The van der Waals surface area contributed by atoms with Crippen molar-refractivity contribution < 1.29 is 19.4 Å². The van der Waals surface area contributed by atoms with Crippen molar-refractivity contribution in [1.82, 2.24) is 0 Å². The predicted molar refractivity (Wildman–Crippen MR) is 62.8 cm³/mol. The van der Waals surface area contributed by atoms with Gasteiger partial charge >= 0.3 is 5.97 Å². The minimum atomic E-state index is -0.596. The van der Waals surface area contributed by atoms with Gasteiger partial charge in [0.15, 0.2) is 0 Å². The van der Waals surface area contributed by atoms with Crippen molar-refractivity contribution in [2.24, 2.45) is 17.3 Å². The quantitative estimate of drug-likeness (QED) is 0.661. The maximum atomic E-state index is 11.4. The summed E-state index contributed by atoms with van der Waals surface area (Å²) in [5, 5.41) is 9.38. The minimum absolute atomic E-state index is 0.432. The molecule has 2 saturated carbocycles. The zero-order chi connectivity index (χ0) is 12.3. The second-order valence-electron chi connectivity index (χ2n) is 5.46. The van der Waals surface area contributed by atoms with Crippen LogP contribution in [0.25, 0.3) is 0 Å². The molecular weight excluding hydrogens is 220 g/mol. The van der Waals surface area contributed by atoms with Gasteiger partial charge in [0, 0.05) is 13.7 Å². The molecule has 0 aromatic rings. The highest BCUT2D eigenvalue weighted by Crippen LogP contribution is 2.61. The van der Waals surface area contributed by atoms with Crippen molar-refractivity contribution in [2.45, 2.75) is 32.1 Å². The van der Waals surface area contributed by atoms with Crippen molar-refractivity contribution in [1.29, 1.82) is 0 Å². The van der Waals surface area contributed by atoms with Crippen LogP contribution < -0.4 is 0 Å². The molecule has 0 amide bonds. The first kappa shape index (κ1) is 12.8. The summed E-state index contributed by atoms with van der Waals surface area (Å²) in [6, 6.07) is 0. The van der Waals surface area contributed by atoms with Crippen molar-refractivity contribution in [3.05, 3.63) is 0 Å². The van der Waals surface area contributed by atoms with Gasteiger partial charge in [0.25, 0.3) is 0 Å². The lowest BCUT2D eigenvalue weighted by atomic mass is 9.79. The van der Waals surface area contributed by atoms with Crippen molar-refractivity contribution in [2.75, 3.05) is 26.9 Å². The number of fused-ring (bicyclic) bond motifs is 1. The molecule has 4 heteroatoms. The van der Waals surface area contributed by atoms with E-state index in [1.807, 2.05) is 0 Å². The molecule has 0 heterocycles. The topological polar surface area (TPSA) is 55.8 Å². The van der Waals surface area contributed by atoms with Crippen LogP contribution in [0.3, 0.4) is 0 Å². The third kappa shape index (κ3) is 2.99. The Bertz CT molecular complexity index is 267. The van der Waals surface area contributed by atoms with Crippen LogP contribution in [0.15, 0.2) is 0 Å². The number of carboxylic acid groups (broad SMARTS) is 1. The van der Waals surface area contributed by atoms with E-state index < -0.39 is 11.4 Å². The molecule has 0 bridgehead atoms. The molecule has 2 unspecified atom stereocenters. The van der Waals surface area contributed by atoms with Gasteiger partial charge < -0.3 is 14.6 Å². The van der Waals surface area contributed by atoms with Crippen LogP contribution in [0.4, 0.5) is 0 Å². The second-order valence-corrected chi connectivity index (χ2v) is 5.46. The van der Waals surface area contributed by atoms with E-state index in [-0.39, 0.29) is 0 Å². The molecule has 0 aliphatic heterocycles. The van der Waals surface area contributed by atoms with Crippen LogP contribution in [0.1, 0.15) is 32.1 Å². The van der Waals surface area contributed by atoms with Gasteiger partial charge in [-0.2, -0.15) is 0 Å². The molecule has 0 aromatic carbocycles. The average molecular weight is 242 g/mol. The first-order chi connectivity index (χ1) is 8.18. The first-order valence-corrected chi connectivity index (χ1v) is 6.48. The van der Waals surface area contributed by atoms with Gasteiger partial charge in [0.2, 0.25) is 0 Å². The highest BCUT2D eigenvalue weighted by Gasteiger charge is 2.56. The van der Waals surface area contributed by atoms with Gasteiger partial charge in [-0.1, -0.05) is 0 Å². The van der Waals surface area contributed by atoms with Gasteiger partial charge in [-0.3, -0.25) is 4.79 Å². The molecular formula is C13H22O4. The lowest BCUT2D eigenvalue weighted by molar-refractivity contribution is -0.150. The minimum Gasteiger partial charge on any atom is -0.481 e. The number of hydrogen-bond donors (Lipinski definition) is 1. The summed E-state index contributed by atoms with van der Waals surface area (Å²) < 4.78 is 10.3. The zero-order valence-corrected chi connectivity index (χ0v) is 10.5. The molecule has 1 N–H and O–H groups in total. The normalized spacial score (nSPS) is 34.6. The predicted octanol–water partition coefficient (Wildman–Crippen LogP) is 1.93. The summed E-state index contributed by atoms with van der Waals surface area (Å²) in [5.74, 6) is 0.822. The van der Waals surface area contributed by atoms with Crippen LogP contribution in [0.2, 0.25) is 0 Å². The fraction of sp³-hybridized carbons (Fsp3) is 0.923. The summed E-state index contributed by atoms with van der Waals surface area (Å²) in [5.41, 5.74) is -0.432. The van der Waals surface area contributed by atoms with Gasteiger partial charge in [0.05, 0.1) is 18.6 Å². The maximum absolute atomic E-state index is 11.4. The smallest absolute Gasteiger partial charge is 0.309 e. The van der Waals surface area contributed by atoms with Crippen LogP contribution in [-0.2, 0) is 14.3 Å². The van der Waals surface area contributed by atoms with Crippen LogP contribution in [-0.4, -0.2) is 38.0 Å².